The van der Waals surface area contributed by atoms with Crippen LogP contribution >= 0.6 is 0 Å². The number of rotatable bonds is 5. The Morgan fingerprint density at radius 2 is 1.75 bits per heavy atom. The fraction of sp³-hybridized carbons (Fsp3) is 0.500. The molecule has 0 aromatic carbocycles. The molecule has 0 unspecified atom stereocenters. The molecule has 0 bridgehead atoms. The summed E-state index contributed by atoms with van der Waals surface area (Å²) in [5.74, 6) is -1.21. The van der Waals surface area contributed by atoms with E-state index < -0.39 is 11.8 Å². The van der Waals surface area contributed by atoms with Crippen LogP contribution in [0.15, 0.2) is 27.6 Å². The molecular weight excluding hydrogens is 472 g/mol. The lowest BCUT2D eigenvalue weighted by Crippen LogP contribution is -2.32. The number of imidazole rings is 2. The zero-order valence-corrected chi connectivity index (χ0v) is 19.4. The van der Waals surface area contributed by atoms with E-state index in [0.29, 0.717) is 6.04 Å². The first kappa shape index (κ1) is 26.0. The Kier molecular flexibility index (Phi) is 8.83. The molecule has 3 aromatic rings. The summed E-state index contributed by atoms with van der Waals surface area (Å²) in [5, 5.41) is 11.0. The second kappa shape index (κ2) is 12.2. The second-order valence-electron chi connectivity index (χ2n) is 8.16. The van der Waals surface area contributed by atoms with Crippen molar-refractivity contribution in [1.29, 1.82) is 0 Å². The van der Waals surface area contributed by atoms with E-state index in [2.05, 4.69) is 35.4 Å². The maximum absolute atomic E-state index is 12.2. The van der Waals surface area contributed by atoms with E-state index in [1.165, 1.54) is 34.6 Å². The van der Waals surface area contributed by atoms with Crippen molar-refractivity contribution in [2.75, 3.05) is 0 Å². The monoisotopic (exact) mass is 499 g/mol. The Bertz CT molecular complexity index is 1320. The highest BCUT2D eigenvalue weighted by molar-refractivity contribution is 5.96. The van der Waals surface area contributed by atoms with Gasteiger partial charge in [0.05, 0.1) is 18.4 Å². The number of fused-ring (bicyclic) bond motifs is 1. The number of nitrogens with zero attached hydrogens (tertiary/aromatic N) is 8. The quantitative estimate of drug-likeness (QED) is 0.194. The van der Waals surface area contributed by atoms with Crippen molar-refractivity contribution in [3.05, 3.63) is 34.5 Å². The minimum atomic E-state index is -0.718. The molecule has 5 rings (SSSR count). The summed E-state index contributed by atoms with van der Waals surface area (Å²) in [6, 6.07) is 0.404. The molecule has 16 nitrogen and oxygen atoms in total. The largest absolute Gasteiger partial charge is 0.364 e. The number of hydrogen-bond acceptors (Lipinski definition) is 10. The predicted molar refractivity (Wildman–Crippen MR) is 123 cm³/mol. The number of isocyanates is 1. The van der Waals surface area contributed by atoms with Crippen LogP contribution in [0.4, 0.5) is 5.82 Å². The predicted octanol–water partition coefficient (Wildman–Crippen LogP) is -0.884. The first-order valence-corrected chi connectivity index (χ1v) is 11.3. The third kappa shape index (κ3) is 6.09. The standard InChI is InChI=1S/C10H12N6O2.C6H9NO.C4H5N5O/c11-8(17)7-9-13-14-16(6-3-1-2-4-6)10(18)15(9)5-12-7;8-5-7-6-3-1-2-4-6;5-3(10)2-4(9-6)8-1-7-2/h5-6H,1-4H2,(H2,11,17);6H,1-4H2;1,6H,(H2,5,10)(H,7,8)/p+1. The minimum Gasteiger partial charge on any atom is -0.364 e. The number of aromatic amines is 1. The topological polar surface area (TPSA) is 247 Å². The van der Waals surface area contributed by atoms with Crippen molar-refractivity contribution in [3.8, 4) is 0 Å². The number of aliphatic imine (C=N–C) groups is 1. The summed E-state index contributed by atoms with van der Waals surface area (Å²) in [7, 11) is 0. The normalized spacial score (nSPS) is 15.3. The first-order valence-electron chi connectivity index (χ1n) is 11.3. The van der Waals surface area contributed by atoms with Gasteiger partial charge in [0.15, 0.2) is 17.0 Å². The van der Waals surface area contributed by atoms with Gasteiger partial charge in [-0.1, -0.05) is 30.9 Å². The summed E-state index contributed by atoms with van der Waals surface area (Å²) in [6.45, 7) is 0. The van der Waals surface area contributed by atoms with Crippen molar-refractivity contribution >= 4 is 29.4 Å². The lowest BCUT2D eigenvalue weighted by atomic mass is 10.3. The van der Waals surface area contributed by atoms with Gasteiger partial charge in [0.25, 0.3) is 11.8 Å². The van der Waals surface area contributed by atoms with Gasteiger partial charge in [-0.15, -0.1) is 5.10 Å². The summed E-state index contributed by atoms with van der Waals surface area (Å²) >= 11 is 0. The zero-order valence-electron chi connectivity index (χ0n) is 19.4. The Morgan fingerprint density at radius 3 is 2.31 bits per heavy atom. The van der Waals surface area contributed by atoms with Crippen molar-refractivity contribution in [1.82, 2.24) is 34.3 Å². The van der Waals surface area contributed by atoms with Crippen LogP contribution in [0.5, 0.6) is 0 Å². The van der Waals surface area contributed by atoms with Crippen LogP contribution in [0.2, 0.25) is 0 Å². The summed E-state index contributed by atoms with van der Waals surface area (Å²) in [4.78, 5) is 56.9. The first-order chi connectivity index (χ1) is 17.4. The van der Waals surface area contributed by atoms with Gasteiger partial charge in [0, 0.05) is 5.11 Å². The highest BCUT2D eigenvalue weighted by Crippen LogP contribution is 2.27. The van der Waals surface area contributed by atoms with Crippen LogP contribution in [-0.2, 0) is 4.79 Å². The Hall–Kier alpha value is -4.59. The number of primary amides is 2. The Balaban J connectivity index is 0.000000169. The average Bonchev–Trinajstić information content (AvgIpc) is 3.67. The lowest BCUT2D eigenvalue weighted by molar-refractivity contribution is -0.211. The molecule has 0 atom stereocenters. The van der Waals surface area contributed by atoms with Crippen molar-refractivity contribution in [2.45, 2.75) is 63.5 Å². The molecule has 2 amide bonds. The highest BCUT2D eigenvalue weighted by Gasteiger charge is 2.22. The van der Waals surface area contributed by atoms with Gasteiger partial charge in [-0.05, 0) is 25.7 Å². The molecule has 190 valence electrons. The van der Waals surface area contributed by atoms with Crippen LogP contribution in [0.1, 0.15) is 78.4 Å². The zero-order chi connectivity index (χ0) is 26.1. The van der Waals surface area contributed by atoms with E-state index in [1.807, 2.05) is 0 Å². The van der Waals surface area contributed by atoms with E-state index in [0.717, 1.165) is 38.5 Å². The van der Waals surface area contributed by atoms with Gasteiger partial charge < -0.3 is 16.5 Å². The molecule has 0 aliphatic heterocycles. The number of hydrogen-bond donors (Lipinski definition) is 4. The van der Waals surface area contributed by atoms with E-state index in [9.17, 15) is 19.2 Å². The number of H-pyrrole nitrogens is 1. The number of carbonyl (C=O) groups is 2. The molecule has 0 saturated heterocycles. The lowest BCUT2D eigenvalue weighted by Gasteiger charge is -2.10. The van der Waals surface area contributed by atoms with Crippen LogP contribution in [0.3, 0.4) is 0 Å². The van der Waals surface area contributed by atoms with E-state index >= 15 is 0 Å². The highest BCUT2D eigenvalue weighted by atomic mass is 16.2. The molecule has 3 aromatic heterocycles. The molecule has 2 aliphatic carbocycles. The number of carbonyl (C=O) groups excluding carboxylic acids is 3. The number of amides is 2. The van der Waals surface area contributed by atoms with E-state index in [1.54, 1.807) is 6.08 Å². The average molecular weight is 500 g/mol. The summed E-state index contributed by atoms with van der Waals surface area (Å²) < 4.78 is 2.58. The van der Waals surface area contributed by atoms with Gasteiger partial charge in [0.2, 0.25) is 11.9 Å². The van der Waals surface area contributed by atoms with Gasteiger partial charge >= 0.3 is 5.69 Å². The molecule has 0 spiro atoms. The number of nitrogens with two attached hydrogens (primary N) is 3. The third-order valence-corrected chi connectivity index (χ3v) is 5.83. The molecule has 36 heavy (non-hydrogen) atoms. The molecule has 7 N–H and O–H groups in total. The van der Waals surface area contributed by atoms with Crippen LogP contribution < -0.4 is 22.7 Å². The summed E-state index contributed by atoms with van der Waals surface area (Å²) in [6.07, 6.45) is 12.8. The molecule has 2 saturated carbocycles. The molecule has 2 aliphatic rings. The molecule has 2 fully saturated rings. The minimum absolute atomic E-state index is 0.0295. The number of nitrogens with one attached hydrogen (secondary N) is 1. The van der Waals surface area contributed by atoms with E-state index in [4.69, 9.17) is 17.0 Å². The number of aromatic nitrogens is 7. The van der Waals surface area contributed by atoms with Gasteiger partial charge in [0.1, 0.15) is 6.33 Å². The van der Waals surface area contributed by atoms with Crippen molar-refractivity contribution in [3.63, 3.8) is 0 Å². The van der Waals surface area contributed by atoms with Gasteiger partial charge in [-0.25, -0.2) is 29.0 Å². The van der Waals surface area contributed by atoms with Gasteiger partial charge in [-0.2, -0.15) is 10.2 Å². The van der Waals surface area contributed by atoms with Crippen LogP contribution in [0, 0.1) is 0 Å². The Labute approximate surface area is 203 Å². The maximum Gasteiger partial charge on any atom is 0.353 e. The fourth-order valence-corrected chi connectivity index (χ4v) is 4.04. The van der Waals surface area contributed by atoms with Crippen molar-refractivity contribution < 1.29 is 19.9 Å². The maximum atomic E-state index is 12.2. The summed E-state index contributed by atoms with van der Waals surface area (Å²) in [5.41, 5.74) is 14.8. The molecule has 0 radical (unpaired) electrons. The third-order valence-electron chi connectivity index (χ3n) is 5.83. The van der Waals surface area contributed by atoms with Gasteiger partial charge in [-0.3, -0.25) is 9.59 Å². The Morgan fingerprint density at radius 1 is 1.08 bits per heavy atom. The van der Waals surface area contributed by atoms with Crippen molar-refractivity contribution in [2.24, 2.45) is 21.6 Å². The van der Waals surface area contributed by atoms with Crippen LogP contribution in [-0.4, -0.2) is 58.3 Å². The second-order valence-corrected chi connectivity index (χ2v) is 8.16. The van der Waals surface area contributed by atoms with E-state index in [-0.39, 0.29) is 34.6 Å². The molecule has 3 heterocycles. The SMILES string of the molecule is NC(=O)c1[nH]cnc1N=[NH2+].NC(=O)c1ncn2c(=O)n(C3CCCC3)nnc12.O=C=NC1CCCC1. The fourth-order valence-electron chi connectivity index (χ4n) is 4.04. The van der Waals surface area contributed by atoms with Crippen LogP contribution in [0.25, 0.3) is 5.65 Å². The smallest absolute Gasteiger partial charge is 0.353 e. The molecular formula is C20H27N12O4+. The molecule has 16 heteroatoms.